The van der Waals surface area contributed by atoms with Gasteiger partial charge in [-0.25, -0.2) is 0 Å². The Morgan fingerprint density at radius 2 is 1.78 bits per heavy atom. The van der Waals surface area contributed by atoms with Gasteiger partial charge in [0.1, 0.15) is 11.5 Å². The van der Waals surface area contributed by atoms with Crippen LogP contribution in [0.3, 0.4) is 0 Å². The van der Waals surface area contributed by atoms with Crippen LogP contribution in [-0.4, -0.2) is 18.0 Å². The van der Waals surface area contributed by atoms with E-state index in [1.165, 1.54) is 0 Å². The lowest BCUT2D eigenvalue weighted by atomic mass is 10.1. The van der Waals surface area contributed by atoms with E-state index in [0.29, 0.717) is 29.3 Å². The van der Waals surface area contributed by atoms with Gasteiger partial charge in [-0.15, -0.1) is 0 Å². The number of hydrogen-bond acceptors (Lipinski definition) is 4. The third-order valence-electron chi connectivity index (χ3n) is 4.02. The second-order valence-corrected chi connectivity index (χ2v) is 6.27. The summed E-state index contributed by atoms with van der Waals surface area (Å²) in [5.74, 6) is 1.29. The molecule has 0 aliphatic carbocycles. The molecule has 1 heterocycles. The first-order valence-corrected chi connectivity index (χ1v) is 8.66. The van der Waals surface area contributed by atoms with Gasteiger partial charge in [-0.2, -0.15) is 0 Å². The van der Waals surface area contributed by atoms with Crippen molar-refractivity contribution in [2.45, 2.75) is 20.5 Å². The van der Waals surface area contributed by atoms with Gasteiger partial charge in [-0.1, -0.05) is 12.1 Å². The molecule has 0 saturated carbocycles. The van der Waals surface area contributed by atoms with E-state index >= 15 is 0 Å². The minimum Gasteiger partial charge on any atom is -0.457 e. The molecule has 5 heteroatoms. The molecule has 0 unspecified atom stereocenters. The monoisotopic (exact) mass is 362 g/mol. The highest BCUT2D eigenvalue weighted by Gasteiger charge is 2.11. The Kier molecular flexibility index (Phi) is 5.84. The Morgan fingerprint density at radius 3 is 2.44 bits per heavy atom. The van der Waals surface area contributed by atoms with Crippen molar-refractivity contribution in [3.8, 4) is 11.5 Å². The smallest absolute Gasteiger partial charge is 0.257 e. The van der Waals surface area contributed by atoms with Crippen LogP contribution in [0.4, 0.5) is 5.69 Å². The van der Waals surface area contributed by atoms with Gasteiger partial charge >= 0.3 is 0 Å². The summed E-state index contributed by atoms with van der Waals surface area (Å²) in [4.78, 5) is 16.9. The normalized spacial score (nSPS) is 10.5. The number of rotatable bonds is 6. The van der Waals surface area contributed by atoms with E-state index in [1.54, 1.807) is 19.2 Å². The van der Waals surface area contributed by atoms with Crippen LogP contribution >= 0.6 is 0 Å². The van der Waals surface area contributed by atoms with E-state index in [9.17, 15) is 4.79 Å². The summed E-state index contributed by atoms with van der Waals surface area (Å²) >= 11 is 0. The van der Waals surface area contributed by atoms with Gasteiger partial charge in [0.05, 0.1) is 23.6 Å². The van der Waals surface area contributed by atoms with Gasteiger partial charge in [0.15, 0.2) is 0 Å². The number of aromatic nitrogens is 1. The van der Waals surface area contributed by atoms with Crippen LogP contribution in [0.15, 0.2) is 60.7 Å². The van der Waals surface area contributed by atoms with Gasteiger partial charge in [0.25, 0.3) is 5.91 Å². The number of benzene rings is 2. The van der Waals surface area contributed by atoms with E-state index in [-0.39, 0.29) is 5.91 Å². The van der Waals surface area contributed by atoms with E-state index < -0.39 is 0 Å². The van der Waals surface area contributed by atoms with Gasteiger partial charge in [-0.05, 0) is 67.9 Å². The number of ether oxygens (including phenoxy) is 2. The van der Waals surface area contributed by atoms with Crippen molar-refractivity contribution in [3.05, 3.63) is 83.2 Å². The minimum absolute atomic E-state index is 0.198. The standard InChI is InChI=1S/C22H22N2O3/c1-15-5-4-6-20(13-15)27-19-10-7-17(8-11-19)24-22(25)21-12-9-18(14-26-3)23-16(21)2/h4-13H,14H2,1-3H3,(H,24,25). The molecule has 2 aromatic carbocycles. The molecule has 0 aliphatic rings. The zero-order chi connectivity index (χ0) is 19.2. The molecule has 3 aromatic rings. The largest absolute Gasteiger partial charge is 0.457 e. The van der Waals surface area contributed by atoms with Crippen molar-refractivity contribution in [1.29, 1.82) is 0 Å². The number of hydrogen-bond donors (Lipinski definition) is 1. The molecule has 0 radical (unpaired) electrons. The average molecular weight is 362 g/mol. The zero-order valence-corrected chi connectivity index (χ0v) is 15.7. The first-order chi connectivity index (χ1) is 13.0. The second-order valence-electron chi connectivity index (χ2n) is 6.27. The predicted octanol–water partition coefficient (Wildman–Crippen LogP) is 4.89. The number of anilines is 1. The summed E-state index contributed by atoms with van der Waals surface area (Å²) in [5.41, 5.74) is 3.83. The summed E-state index contributed by atoms with van der Waals surface area (Å²) in [6, 6.07) is 18.7. The first-order valence-electron chi connectivity index (χ1n) is 8.66. The molecule has 0 fully saturated rings. The molecular formula is C22H22N2O3. The Balaban J connectivity index is 1.66. The maximum absolute atomic E-state index is 12.5. The molecule has 1 N–H and O–H groups in total. The lowest BCUT2D eigenvalue weighted by Crippen LogP contribution is -2.14. The van der Waals surface area contributed by atoms with Crippen LogP contribution in [0.25, 0.3) is 0 Å². The predicted molar refractivity (Wildman–Crippen MR) is 105 cm³/mol. The number of aryl methyl sites for hydroxylation is 2. The molecule has 0 atom stereocenters. The number of nitrogens with zero attached hydrogens (tertiary/aromatic N) is 1. The van der Waals surface area contributed by atoms with Crippen LogP contribution in [0.1, 0.15) is 27.3 Å². The number of carbonyl (C=O) groups is 1. The fourth-order valence-corrected chi connectivity index (χ4v) is 2.70. The minimum atomic E-state index is -0.198. The number of nitrogens with one attached hydrogen (secondary N) is 1. The lowest BCUT2D eigenvalue weighted by molar-refractivity contribution is 0.102. The molecule has 5 nitrogen and oxygen atoms in total. The van der Waals surface area contributed by atoms with E-state index in [2.05, 4.69) is 10.3 Å². The molecule has 138 valence electrons. The van der Waals surface area contributed by atoms with Gasteiger partial charge in [-0.3, -0.25) is 9.78 Å². The van der Waals surface area contributed by atoms with Crippen LogP contribution < -0.4 is 10.1 Å². The van der Waals surface area contributed by atoms with Crippen molar-refractivity contribution in [1.82, 2.24) is 4.98 Å². The summed E-state index contributed by atoms with van der Waals surface area (Å²) in [6.07, 6.45) is 0. The topological polar surface area (TPSA) is 60.5 Å². The first kappa shape index (κ1) is 18.6. The van der Waals surface area contributed by atoms with E-state index in [1.807, 2.05) is 62.4 Å². The number of amides is 1. The molecule has 3 rings (SSSR count). The van der Waals surface area contributed by atoms with Crippen LogP contribution in [0.5, 0.6) is 11.5 Å². The van der Waals surface area contributed by atoms with Crippen LogP contribution in [0, 0.1) is 13.8 Å². The van der Waals surface area contributed by atoms with Crippen molar-refractivity contribution in [2.75, 3.05) is 12.4 Å². The number of pyridine rings is 1. The quantitative estimate of drug-likeness (QED) is 0.678. The highest BCUT2D eigenvalue weighted by atomic mass is 16.5. The highest BCUT2D eigenvalue weighted by molar-refractivity contribution is 6.05. The molecule has 27 heavy (non-hydrogen) atoms. The Bertz CT molecular complexity index is 937. The summed E-state index contributed by atoms with van der Waals surface area (Å²) in [7, 11) is 1.62. The van der Waals surface area contributed by atoms with E-state index in [4.69, 9.17) is 9.47 Å². The molecular weight excluding hydrogens is 340 g/mol. The fraction of sp³-hybridized carbons (Fsp3) is 0.182. The zero-order valence-electron chi connectivity index (χ0n) is 15.7. The molecule has 1 amide bonds. The molecule has 0 bridgehead atoms. The fourth-order valence-electron chi connectivity index (χ4n) is 2.70. The summed E-state index contributed by atoms with van der Waals surface area (Å²) < 4.78 is 10.9. The number of methoxy groups -OCH3 is 1. The summed E-state index contributed by atoms with van der Waals surface area (Å²) in [6.45, 7) is 4.25. The summed E-state index contributed by atoms with van der Waals surface area (Å²) in [5, 5.41) is 2.88. The molecule has 0 saturated heterocycles. The van der Waals surface area contributed by atoms with Crippen LogP contribution in [-0.2, 0) is 11.3 Å². The van der Waals surface area contributed by atoms with Crippen LogP contribution in [0.2, 0.25) is 0 Å². The Morgan fingerprint density at radius 1 is 1.00 bits per heavy atom. The average Bonchev–Trinajstić information content (AvgIpc) is 2.64. The molecule has 1 aromatic heterocycles. The lowest BCUT2D eigenvalue weighted by Gasteiger charge is -2.10. The maximum atomic E-state index is 12.5. The molecule has 0 spiro atoms. The van der Waals surface area contributed by atoms with Crippen molar-refractivity contribution in [3.63, 3.8) is 0 Å². The Hall–Kier alpha value is -3.18. The van der Waals surface area contributed by atoms with Crippen molar-refractivity contribution in [2.24, 2.45) is 0 Å². The molecule has 0 aliphatic heterocycles. The maximum Gasteiger partial charge on any atom is 0.257 e. The van der Waals surface area contributed by atoms with Gasteiger partial charge in [0.2, 0.25) is 0 Å². The SMILES string of the molecule is COCc1ccc(C(=O)Nc2ccc(Oc3cccc(C)c3)cc2)c(C)n1. The van der Waals surface area contributed by atoms with Crippen molar-refractivity contribution < 1.29 is 14.3 Å². The van der Waals surface area contributed by atoms with Gasteiger partial charge in [0, 0.05) is 12.8 Å². The second kappa shape index (κ2) is 8.47. The highest BCUT2D eigenvalue weighted by Crippen LogP contribution is 2.24. The third kappa shape index (κ3) is 4.92. The number of carbonyl (C=O) groups excluding carboxylic acids is 1. The van der Waals surface area contributed by atoms with Crippen molar-refractivity contribution >= 4 is 11.6 Å². The Labute approximate surface area is 159 Å². The van der Waals surface area contributed by atoms with E-state index in [0.717, 1.165) is 17.0 Å². The van der Waals surface area contributed by atoms with Gasteiger partial charge < -0.3 is 14.8 Å². The third-order valence-corrected chi connectivity index (χ3v) is 4.02.